The molecule has 78 valence electrons. The van der Waals surface area contributed by atoms with Gasteiger partial charge in [0.15, 0.2) is 0 Å². The number of ether oxygens (including phenoxy) is 3. The molecule has 5 nitrogen and oxygen atoms in total. The van der Waals surface area contributed by atoms with Crippen LogP contribution in [0.15, 0.2) is 0 Å². The third kappa shape index (κ3) is 2.29. The lowest BCUT2D eigenvalue weighted by molar-refractivity contribution is -0.375. The highest BCUT2D eigenvalue weighted by molar-refractivity contribution is 4.77. The van der Waals surface area contributed by atoms with Crippen molar-refractivity contribution in [3.8, 4) is 0 Å². The van der Waals surface area contributed by atoms with Gasteiger partial charge in [-0.2, -0.15) is 0 Å². The predicted octanol–water partition coefficient (Wildman–Crippen LogP) is -0.466. The second kappa shape index (κ2) is 3.39. The van der Waals surface area contributed by atoms with E-state index in [-0.39, 0.29) is 0 Å². The Balaban J connectivity index is 2.58. The lowest BCUT2D eigenvalue weighted by Gasteiger charge is -2.18. The van der Waals surface area contributed by atoms with Crippen LogP contribution in [0.1, 0.15) is 0 Å². The molecule has 2 N–H and O–H groups in total. The van der Waals surface area contributed by atoms with Crippen LogP contribution in [-0.4, -0.2) is 42.1 Å². The van der Waals surface area contributed by atoms with Gasteiger partial charge in [-0.1, -0.05) is 0 Å². The number of alkyl halides is 3. The SMILES string of the molecule is OCOCC1(F)OC(F)(F)OC1O. The van der Waals surface area contributed by atoms with Crippen LogP contribution in [0, 0.1) is 0 Å². The zero-order valence-electron chi connectivity index (χ0n) is 6.24. The number of rotatable bonds is 3. The highest BCUT2D eigenvalue weighted by Gasteiger charge is 2.60. The van der Waals surface area contributed by atoms with Crippen LogP contribution in [0.3, 0.4) is 0 Å². The summed E-state index contributed by atoms with van der Waals surface area (Å²) in [4.78, 5) is 0. The number of aliphatic hydroxyl groups is 2. The zero-order chi connectivity index (χ0) is 10.1. The Labute approximate surface area is 70.6 Å². The summed E-state index contributed by atoms with van der Waals surface area (Å²) >= 11 is 0. The molecule has 0 aromatic rings. The second-order valence-electron chi connectivity index (χ2n) is 2.30. The summed E-state index contributed by atoms with van der Waals surface area (Å²) in [6, 6.07) is 0. The first kappa shape index (κ1) is 10.7. The van der Waals surface area contributed by atoms with Crippen molar-refractivity contribution < 1.29 is 37.6 Å². The van der Waals surface area contributed by atoms with E-state index in [9.17, 15) is 13.2 Å². The van der Waals surface area contributed by atoms with Gasteiger partial charge in [0.2, 0.25) is 6.29 Å². The summed E-state index contributed by atoms with van der Waals surface area (Å²) in [5.74, 6) is -3.16. The highest BCUT2D eigenvalue weighted by Crippen LogP contribution is 2.38. The maximum atomic E-state index is 13.1. The number of hydrogen-bond acceptors (Lipinski definition) is 5. The van der Waals surface area contributed by atoms with E-state index in [1.165, 1.54) is 0 Å². The van der Waals surface area contributed by atoms with Crippen molar-refractivity contribution in [2.24, 2.45) is 0 Å². The van der Waals surface area contributed by atoms with Gasteiger partial charge in [-0.05, 0) is 0 Å². The minimum Gasteiger partial charge on any atom is -0.371 e. The molecule has 8 heteroatoms. The second-order valence-corrected chi connectivity index (χ2v) is 2.30. The monoisotopic (exact) mass is 204 g/mol. The van der Waals surface area contributed by atoms with Crippen LogP contribution >= 0.6 is 0 Å². The van der Waals surface area contributed by atoms with Gasteiger partial charge in [0.25, 0.3) is 5.85 Å². The smallest absolute Gasteiger partial charge is 0.371 e. The van der Waals surface area contributed by atoms with Crippen molar-refractivity contribution >= 4 is 0 Å². The van der Waals surface area contributed by atoms with E-state index in [4.69, 9.17) is 10.2 Å². The fourth-order valence-electron chi connectivity index (χ4n) is 0.776. The number of aliphatic hydroxyl groups excluding tert-OH is 2. The Morgan fingerprint density at radius 3 is 2.38 bits per heavy atom. The van der Waals surface area contributed by atoms with E-state index in [1.54, 1.807) is 0 Å². The van der Waals surface area contributed by atoms with Crippen LogP contribution in [0.25, 0.3) is 0 Å². The summed E-state index contributed by atoms with van der Waals surface area (Å²) in [5.41, 5.74) is 0. The predicted molar refractivity (Wildman–Crippen MR) is 30.0 cm³/mol. The summed E-state index contributed by atoms with van der Waals surface area (Å²) in [6.45, 7) is -1.94. The van der Waals surface area contributed by atoms with Gasteiger partial charge < -0.3 is 14.9 Å². The van der Waals surface area contributed by atoms with Crippen molar-refractivity contribution in [2.75, 3.05) is 13.4 Å². The van der Waals surface area contributed by atoms with Crippen molar-refractivity contribution in [3.63, 3.8) is 0 Å². The summed E-state index contributed by atoms with van der Waals surface area (Å²) < 4.78 is 48.3. The molecule has 0 bridgehead atoms. The number of hydrogen-bond donors (Lipinski definition) is 2. The first-order chi connectivity index (χ1) is 5.90. The Morgan fingerprint density at radius 2 is 2.00 bits per heavy atom. The molecule has 1 heterocycles. The van der Waals surface area contributed by atoms with Crippen molar-refractivity contribution in [3.05, 3.63) is 0 Å². The fourth-order valence-corrected chi connectivity index (χ4v) is 0.776. The first-order valence-corrected chi connectivity index (χ1v) is 3.21. The molecule has 0 amide bonds. The number of halogens is 3. The molecule has 1 aliphatic rings. The molecular weight excluding hydrogens is 197 g/mol. The lowest BCUT2D eigenvalue weighted by atomic mass is 10.3. The molecule has 1 rings (SSSR count). The van der Waals surface area contributed by atoms with E-state index in [0.717, 1.165) is 0 Å². The lowest BCUT2D eigenvalue weighted by Crippen LogP contribution is -2.40. The third-order valence-electron chi connectivity index (χ3n) is 1.30. The molecule has 0 aliphatic carbocycles. The molecule has 1 saturated heterocycles. The van der Waals surface area contributed by atoms with Crippen LogP contribution < -0.4 is 0 Å². The molecule has 0 spiro atoms. The normalized spacial score (nSPS) is 38.1. The average molecular weight is 204 g/mol. The summed E-state index contributed by atoms with van der Waals surface area (Å²) in [6.07, 6.45) is -6.64. The molecule has 1 aliphatic heterocycles. The van der Waals surface area contributed by atoms with E-state index in [1.807, 2.05) is 0 Å². The standard InChI is InChI=1S/C5H7F3O5/c6-4(1-11-2-9)3(10)12-5(7,8)13-4/h3,9-10H,1-2H2. The van der Waals surface area contributed by atoms with Crippen molar-refractivity contribution in [1.29, 1.82) is 0 Å². The highest BCUT2D eigenvalue weighted by atomic mass is 19.3. The van der Waals surface area contributed by atoms with E-state index in [0.29, 0.717) is 0 Å². The van der Waals surface area contributed by atoms with Crippen LogP contribution in [0.2, 0.25) is 0 Å². The third-order valence-corrected chi connectivity index (χ3v) is 1.30. The Kier molecular flexibility index (Phi) is 2.78. The Hall–Kier alpha value is -0.410. The molecule has 0 radical (unpaired) electrons. The Bertz CT molecular complexity index is 189. The Morgan fingerprint density at radius 1 is 1.38 bits per heavy atom. The zero-order valence-corrected chi connectivity index (χ0v) is 6.24. The van der Waals surface area contributed by atoms with Gasteiger partial charge in [0.05, 0.1) is 0 Å². The summed E-state index contributed by atoms with van der Waals surface area (Å²) in [5, 5.41) is 16.7. The van der Waals surface area contributed by atoms with Crippen LogP contribution in [0.5, 0.6) is 0 Å². The maximum Gasteiger partial charge on any atom is 0.490 e. The van der Waals surface area contributed by atoms with Gasteiger partial charge in [0, 0.05) is 0 Å². The molecule has 0 aromatic heterocycles. The maximum absolute atomic E-state index is 13.1. The van der Waals surface area contributed by atoms with Gasteiger partial charge in [-0.15, -0.1) is 8.78 Å². The average Bonchev–Trinajstić information content (AvgIpc) is 2.18. The van der Waals surface area contributed by atoms with E-state index in [2.05, 4.69) is 14.2 Å². The minimum absolute atomic E-state index is 0.882. The molecule has 0 aromatic carbocycles. The van der Waals surface area contributed by atoms with Gasteiger partial charge in [-0.3, -0.25) is 9.47 Å². The van der Waals surface area contributed by atoms with E-state index >= 15 is 0 Å². The van der Waals surface area contributed by atoms with Crippen molar-refractivity contribution in [1.82, 2.24) is 0 Å². The molecule has 0 saturated carbocycles. The quantitative estimate of drug-likeness (QED) is 0.608. The van der Waals surface area contributed by atoms with Gasteiger partial charge in [-0.25, -0.2) is 4.39 Å². The largest absolute Gasteiger partial charge is 0.490 e. The van der Waals surface area contributed by atoms with E-state index < -0.39 is 31.8 Å². The van der Waals surface area contributed by atoms with Crippen LogP contribution in [-0.2, 0) is 14.2 Å². The molecule has 1 fully saturated rings. The van der Waals surface area contributed by atoms with Gasteiger partial charge >= 0.3 is 6.29 Å². The van der Waals surface area contributed by atoms with Crippen molar-refractivity contribution in [2.45, 2.75) is 18.4 Å². The molecule has 13 heavy (non-hydrogen) atoms. The van der Waals surface area contributed by atoms with Gasteiger partial charge in [0.1, 0.15) is 13.4 Å². The fraction of sp³-hybridized carbons (Fsp3) is 1.00. The van der Waals surface area contributed by atoms with Crippen LogP contribution in [0.4, 0.5) is 13.2 Å². The molecule has 2 unspecified atom stereocenters. The summed E-state index contributed by atoms with van der Waals surface area (Å²) in [7, 11) is 0. The minimum atomic E-state index is -4.19. The molecular formula is C5H7F3O5. The molecule has 2 atom stereocenters. The first-order valence-electron chi connectivity index (χ1n) is 3.21. The topological polar surface area (TPSA) is 68.2 Å².